The molecule has 6 nitrogen and oxygen atoms in total. The maximum absolute atomic E-state index is 11.6. The summed E-state index contributed by atoms with van der Waals surface area (Å²) in [5, 5.41) is 14.8. The third-order valence-electron chi connectivity index (χ3n) is 2.54. The fourth-order valence-electron chi connectivity index (χ4n) is 1.43. The molecule has 1 aliphatic rings. The SMILES string of the molecule is CCC(CC)NC(=O)C1CC(C(=O)O)=NO1. The molecule has 0 aromatic rings. The van der Waals surface area contributed by atoms with Crippen molar-refractivity contribution in [3.8, 4) is 0 Å². The van der Waals surface area contributed by atoms with Gasteiger partial charge in [-0.2, -0.15) is 0 Å². The van der Waals surface area contributed by atoms with Gasteiger partial charge in [-0.15, -0.1) is 0 Å². The van der Waals surface area contributed by atoms with Crippen molar-refractivity contribution in [3.05, 3.63) is 0 Å². The van der Waals surface area contributed by atoms with Crippen LogP contribution in [0.1, 0.15) is 33.1 Å². The molecule has 0 radical (unpaired) electrons. The Hall–Kier alpha value is -1.59. The Morgan fingerprint density at radius 3 is 2.62 bits per heavy atom. The molecule has 0 spiro atoms. The number of nitrogens with zero attached hydrogens (tertiary/aromatic N) is 1. The predicted molar refractivity (Wildman–Crippen MR) is 57.1 cm³/mol. The normalized spacial score (nSPS) is 19.2. The summed E-state index contributed by atoms with van der Waals surface area (Å²) in [6, 6.07) is 0.102. The van der Waals surface area contributed by atoms with Gasteiger partial charge < -0.3 is 15.3 Å². The summed E-state index contributed by atoms with van der Waals surface area (Å²) < 4.78 is 0. The van der Waals surface area contributed by atoms with Gasteiger partial charge in [0.15, 0.2) is 5.71 Å². The molecule has 2 N–H and O–H groups in total. The summed E-state index contributed by atoms with van der Waals surface area (Å²) in [4.78, 5) is 27.0. The van der Waals surface area contributed by atoms with E-state index in [1.165, 1.54) is 0 Å². The van der Waals surface area contributed by atoms with Gasteiger partial charge in [0.25, 0.3) is 5.91 Å². The van der Waals surface area contributed by atoms with E-state index in [-0.39, 0.29) is 24.1 Å². The lowest BCUT2D eigenvalue weighted by molar-refractivity contribution is -0.132. The maximum atomic E-state index is 11.6. The monoisotopic (exact) mass is 228 g/mol. The molecule has 0 aromatic carbocycles. The fraction of sp³-hybridized carbons (Fsp3) is 0.700. The number of nitrogens with one attached hydrogen (secondary N) is 1. The minimum absolute atomic E-state index is 0.0291. The lowest BCUT2D eigenvalue weighted by Gasteiger charge is -2.16. The van der Waals surface area contributed by atoms with E-state index in [2.05, 4.69) is 10.5 Å². The number of carboxylic acid groups (broad SMARTS) is 1. The van der Waals surface area contributed by atoms with E-state index in [1.54, 1.807) is 0 Å². The van der Waals surface area contributed by atoms with E-state index in [0.717, 1.165) is 12.8 Å². The predicted octanol–water partition coefficient (Wildman–Crippen LogP) is 0.521. The van der Waals surface area contributed by atoms with Crippen LogP contribution in [0.25, 0.3) is 0 Å². The molecule has 0 saturated heterocycles. The maximum Gasteiger partial charge on any atom is 0.353 e. The molecular formula is C10H16N2O4. The van der Waals surface area contributed by atoms with E-state index in [4.69, 9.17) is 9.94 Å². The van der Waals surface area contributed by atoms with Crippen molar-refractivity contribution in [2.75, 3.05) is 0 Å². The molecule has 1 heterocycles. The van der Waals surface area contributed by atoms with Crippen LogP contribution in [0.3, 0.4) is 0 Å². The molecule has 16 heavy (non-hydrogen) atoms. The highest BCUT2D eigenvalue weighted by molar-refractivity contribution is 6.36. The number of rotatable bonds is 5. The van der Waals surface area contributed by atoms with Crippen molar-refractivity contribution in [3.63, 3.8) is 0 Å². The number of hydrogen-bond donors (Lipinski definition) is 2. The summed E-state index contributed by atoms with van der Waals surface area (Å²) >= 11 is 0. The Bertz CT molecular complexity index is 310. The summed E-state index contributed by atoms with van der Waals surface area (Å²) in [6.45, 7) is 3.95. The van der Waals surface area contributed by atoms with E-state index in [9.17, 15) is 9.59 Å². The second kappa shape index (κ2) is 5.48. The standard InChI is InChI=1S/C10H16N2O4/c1-3-6(4-2)11-9(13)8-5-7(10(14)15)12-16-8/h6,8H,3-5H2,1-2H3,(H,11,13)(H,14,15). The fourth-order valence-corrected chi connectivity index (χ4v) is 1.43. The lowest BCUT2D eigenvalue weighted by atomic mass is 10.1. The van der Waals surface area contributed by atoms with Gasteiger partial charge in [0, 0.05) is 12.5 Å². The third-order valence-corrected chi connectivity index (χ3v) is 2.54. The van der Waals surface area contributed by atoms with Crippen molar-refractivity contribution in [2.45, 2.75) is 45.3 Å². The van der Waals surface area contributed by atoms with Gasteiger partial charge in [0.2, 0.25) is 6.10 Å². The summed E-state index contributed by atoms with van der Waals surface area (Å²) in [7, 11) is 0. The van der Waals surface area contributed by atoms with Crippen molar-refractivity contribution < 1.29 is 19.5 Å². The van der Waals surface area contributed by atoms with Gasteiger partial charge >= 0.3 is 5.97 Å². The van der Waals surface area contributed by atoms with Crippen molar-refractivity contribution in [1.82, 2.24) is 5.32 Å². The largest absolute Gasteiger partial charge is 0.477 e. The Kier molecular flexibility index (Phi) is 4.28. The van der Waals surface area contributed by atoms with Gasteiger partial charge in [0.05, 0.1) is 0 Å². The molecule has 1 atom stereocenters. The Morgan fingerprint density at radius 1 is 1.56 bits per heavy atom. The third kappa shape index (κ3) is 2.95. The van der Waals surface area contributed by atoms with Crippen LogP contribution in [0.4, 0.5) is 0 Å². The molecule has 0 saturated carbocycles. The first-order valence-corrected chi connectivity index (χ1v) is 5.34. The number of carbonyl (C=O) groups excluding carboxylic acids is 1. The molecule has 1 unspecified atom stereocenters. The van der Waals surface area contributed by atoms with Crippen LogP contribution in [0, 0.1) is 0 Å². The zero-order chi connectivity index (χ0) is 12.1. The lowest BCUT2D eigenvalue weighted by Crippen LogP contribution is -2.41. The number of aliphatic carboxylic acids is 1. The number of amides is 1. The van der Waals surface area contributed by atoms with Gasteiger partial charge in [0.1, 0.15) is 0 Å². The van der Waals surface area contributed by atoms with Crippen LogP contribution in [0.15, 0.2) is 5.16 Å². The average molecular weight is 228 g/mol. The van der Waals surface area contributed by atoms with Crippen LogP contribution in [-0.2, 0) is 14.4 Å². The number of carboxylic acids is 1. The first-order valence-electron chi connectivity index (χ1n) is 5.34. The quantitative estimate of drug-likeness (QED) is 0.718. The highest BCUT2D eigenvalue weighted by Crippen LogP contribution is 2.11. The minimum Gasteiger partial charge on any atom is -0.477 e. The van der Waals surface area contributed by atoms with Crippen molar-refractivity contribution in [2.24, 2.45) is 5.16 Å². The zero-order valence-corrected chi connectivity index (χ0v) is 9.40. The second-order valence-corrected chi connectivity index (χ2v) is 3.66. The Morgan fingerprint density at radius 2 is 2.19 bits per heavy atom. The van der Waals surface area contributed by atoms with E-state index < -0.39 is 12.1 Å². The molecular weight excluding hydrogens is 212 g/mol. The van der Waals surface area contributed by atoms with Gasteiger partial charge in [-0.3, -0.25) is 4.79 Å². The number of hydrogen-bond acceptors (Lipinski definition) is 4. The van der Waals surface area contributed by atoms with Crippen LogP contribution in [-0.4, -0.2) is 34.8 Å². The molecule has 1 aliphatic heterocycles. The highest BCUT2D eigenvalue weighted by atomic mass is 16.6. The van der Waals surface area contributed by atoms with Gasteiger partial charge in [-0.05, 0) is 12.8 Å². The molecule has 6 heteroatoms. The molecule has 90 valence electrons. The second-order valence-electron chi connectivity index (χ2n) is 3.66. The summed E-state index contributed by atoms with van der Waals surface area (Å²) in [6.07, 6.45) is 0.900. The smallest absolute Gasteiger partial charge is 0.353 e. The van der Waals surface area contributed by atoms with Crippen LogP contribution < -0.4 is 5.32 Å². The molecule has 0 bridgehead atoms. The summed E-state index contributed by atoms with van der Waals surface area (Å²) in [5.41, 5.74) is -0.107. The van der Waals surface area contributed by atoms with Gasteiger partial charge in [-0.1, -0.05) is 19.0 Å². The van der Waals surface area contributed by atoms with E-state index >= 15 is 0 Å². The number of oxime groups is 1. The number of carbonyl (C=O) groups is 2. The molecule has 1 amide bonds. The van der Waals surface area contributed by atoms with Crippen LogP contribution >= 0.6 is 0 Å². The topological polar surface area (TPSA) is 88.0 Å². The first-order chi connectivity index (χ1) is 7.58. The Balaban J connectivity index is 2.44. The summed E-state index contributed by atoms with van der Waals surface area (Å²) in [5.74, 6) is -1.44. The average Bonchev–Trinajstić information content (AvgIpc) is 2.74. The van der Waals surface area contributed by atoms with Gasteiger partial charge in [-0.25, -0.2) is 4.79 Å². The van der Waals surface area contributed by atoms with E-state index in [1.807, 2.05) is 13.8 Å². The highest BCUT2D eigenvalue weighted by Gasteiger charge is 2.31. The molecule has 1 rings (SSSR count). The molecule has 0 fully saturated rings. The van der Waals surface area contributed by atoms with E-state index in [0.29, 0.717) is 0 Å². The Labute approximate surface area is 93.6 Å². The molecule has 0 aliphatic carbocycles. The van der Waals surface area contributed by atoms with Crippen molar-refractivity contribution in [1.29, 1.82) is 0 Å². The zero-order valence-electron chi connectivity index (χ0n) is 9.40. The van der Waals surface area contributed by atoms with Crippen LogP contribution in [0.5, 0.6) is 0 Å². The minimum atomic E-state index is -1.14. The van der Waals surface area contributed by atoms with Crippen molar-refractivity contribution >= 4 is 17.6 Å². The molecule has 0 aromatic heterocycles. The first kappa shape index (κ1) is 12.5. The van der Waals surface area contributed by atoms with Crippen LogP contribution in [0.2, 0.25) is 0 Å².